The van der Waals surface area contributed by atoms with Crippen LogP contribution in [0.1, 0.15) is 41.3 Å². The zero-order chi connectivity index (χ0) is 27.1. The molecule has 0 N–H and O–H groups in total. The van der Waals surface area contributed by atoms with E-state index in [4.69, 9.17) is 0 Å². The Hall–Kier alpha value is -4.03. The fourth-order valence-corrected chi connectivity index (χ4v) is 4.84. The molecule has 7 nitrogen and oxygen atoms in total. The van der Waals surface area contributed by atoms with Crippen molar-refractivity contribution in [3.63, 3.8) is 0 Å². The number of anilines is 1. The molecule has 0 amide bonds. The molecular formula is C25H20F6N6O. The van der Waals surface area contributed by atoms with Crippen LogP contribution >= 0.6 is 0 Å². The Labute approximate surface area is 211 Å². The predicted octanol–water partition coefficient (Wildman–Crippen LogP) is 5.05. The van der Waals surface area contributed by atoms with Crippen molar-refractivity contribution in [2.45, 2.75) is 37.7 Å². The summed E-state index contributed by atoms with van der Waals surface area (Å²) in [7, 11) is 0. The standard InChI is InChI=1S/C25H20F6N6O/c26-24(27,28)17-3-1-2-4-20(17)36-11-5-15(6-12-36)16-13-18-22(35-10-8-32-18)37(23(16)38)14-19-21(25(29,30)31)34-9-7-33-19/h1-4,7-10,13,15H,5-6,11-12,14H2. The third-order valence-corrected chi connectivity index (χ3v) is 6.58. The van der Waals surface area contributed by atoms with Crippen LogP contribution in [0, 0.1) is 0 Å². The molecule has 0 aliphatic carbocycles. The van der Waals surface area contributed by atoms with E-state index in [0.29, 0.717) is 23.9 Å². The zero-order valence-electron chi connectivity index (χ0n) is 19.7. The average molecular weight is 534 g/mol. The number of hydrogen-bond acceptors (Lipinski definition) is 6. The van der Waals surface area contributed by atoms with E-state index >= 15 is 0 Å². The van der Waals surface area contributed by atoms with Crippen molar-refractivity contribution in [2.75, 3.05) is 18.0 Å². The smallest absolute Gasteiger partial charge is 0.371 e. The molecule has 1 saturated heterocycles. The minimum absolute atomic E-state index is 0.0718. The minimum atomic E-state index is -4.77. The van der Waals surface area contributed by atoms with Crippen LogP contribution in [0.4, 0.5) is 32.0 Å². The first-order chi connectivity index (χ1) is 18.0. The SMILES string of the molecule is O=c1c(C2CCN(c3ccccc3C(F)(F)F)CC2)cc2nccnc2n1Cc1nccnc1C(F)(F)F. The van der Waals surface area contributed by atoms with Gasteiger partial charge in [0.05, 0.1) is 17.8 Å². The number of alkyl halides is 6. The number of benzene rings is 1. The second-order valence-corrected chi connectivity index (χ2v) is 8.88. The van der Waals surface area contributed by atoms with Gasteiger partial charge in [-0.2, -0.15) is 26.3 Å². The second-order valence-electron chi connectivity index (χ2n) is 8.88. The van der Waals surface area contributed by atoms with Gasteiger partial charge in [-0.1, -0.05) is 12.1 Å². The Morgan fingerprint density at radius 3 is 2.21 bits per heavy atom. The Bertz CT molecular complexity index is 1530. The molecule has 1 aliphatic rings. The molecule has 1 aromatic carbocycles. The van der Waals surface area contributed by atoms with Crippen LogP contribution in [-0.4, -0.2) is 37.6 Å². The molecule has 3 aromatic heterocycles. The van der Waals surface area contributed by atoms with Crippen molar-refractivity contribution < 1.29 is 26.3 Å². The van der Waals surface area contributed by atoms with E-state index in [1.165, 1.54) is 24.5 Å². The van der Waals surface area contributed by atoms with E-state index in [-0.39, 0.29) is 30.3 Å². The van der Waals surface area contributed by atoms with Crippen molar-refractivity contribution in [1.82, 2.24) is 24.5 Å². The lowest BCUT2D eigenvalue weighted by Gasteiger charge is -2.35. The lowest BCUT2D eigenvalue weighted by Crippen LogP contribution is -2.37. The number of para-hydroxylation sites is 1. The van der Waals surface area contributed by atoms with Crippen molar-refractivity contribution >= 4 is 16.9 Å². The summed E-state index contributed by atoms with van der Waals surface area (Å²) < 4.78 is 82.2. The first-order valence-electron chi connectivity index (χ1n) is 11.7. The zero-order valence-corrected chi connectivity index (χ0v) is 19.7. The molecule has 0 radical (unpaired) electrons. The summed E-state index contributed by atoms with van der Waals surface area (Å²) in [6, 6.07) is 6.88. The van der Waals surface area contributed by atoms with Gasteiger partial charge in [0.1, 0.15) is 5.52 Å². The predicted molar refractivity (Wildman–Crippen MR) is 126 cm³/mol. The molecule has 0 spiro atoms. The maximum atomic E-state index is 13.6. The molecule has 38 heavy (non-hydrogen) atoms. The number of hydrogen-bond donors (Lipinski definition) is 0. The van der Waals surface area contributed by atoms with Gasteiger partial charge >= 0.3 is 12.4 Å². The summed E-state index contributed by atoms with van der Waals surface area (Å²) in [4.78, 5) is 30.8. The molecule has 198 valence electrons. The summed E-state index contributed by atoms with van der Waals surface area (Å²) in [6.07, 6.45) is -3.77. The normalized spacial score (nSPS) is 15.3. The molecule has 4 aromatic rings. The van der Waals surface area contributed by atoms with Crippen molar-refractivity contribution in [3.8, 4) is 0 Å². The van der Waals surface area contributed by atoms with Crippen LogP contribution in [0.3, 0.4) is 0 Å². The van der Waals surface area contributed by atoms with Gasteiger partial charge in [-0.05, 0) is 37.0 Å². The van der Waals surface area contributed by atoms with E-state index in [1.54, 1.807) is 17.0 Å². The third-order valence-electron chi connectivity index (χ3n) is 6.58. The van der Waals surface area contributed by atoms with Gasteiger partial charge in [0.2, 0.25) is 0 Å². The molecule has 0 saturated carbocycles. The van der Waals surface area contributed by atoms with Crippen LogP contribution in [0.25, 0.3) is 11.2 Å². The van der Waals surface area contributed by atoms with Gasteiger partial charge in [-0.3, -0.25) is 19.3 Å². The Kier molecular flexibility index (Phi) is 6.53. The first-order valence-corrected chi connectivity index (χ1v) is 11.7. The molecule has 0 bridgehead atoms. The van der Waals surface area contributed by atoms with Gasteiger partial charge < -0.3 is 4.90 Å². The van der Waals surface area contributed by atoms with Gasteiger partial charge in [0.25, 0.3) is 5.56 Å². The third kappa shape index (κ3) is 4.92. The Morgan fingerprint density at radius 1 is 0.842 bits per heavy atom. The topological polar surface area (TPSA) is 76.8 Å². The Morgan fingerprint density at radius 2 is 1.50 bits per heavy atom. The van der Waals surface area contributed by atoms with Crippen LogP contribution in [0.15, 0.2) is 59.9 Å². The lowest BCUT2D eigenvalue weighted by atomic mass is 9.89. The lowest BCUT2D eigenvalue weighted by molar-refractivity contribution is -0.142. The van der Waals surface area contributed by atoms with Crippen LogP contribution in [0.2, 0.25) is 0 Å². The largest absolute Gasteiger partial charge is 0.435 e. The number of piperidine rings is 1. The van der Waals surface area contributed by atoms with Gasteiger partial charge in [-0.15, -0.1) is 0 Å². The van der Waals surface area contributed by atoms with Crippen molar-refractivity contribution in [3.05, 3.63) is 88.0 Å². The number of rotatable bonds is 4. The monoisotopic (exact) mass is 534 g/mol. The number of aromatic nitrogens is 5. The van der Waals surface area contributed by atoms with E-state index in [9.17, 15) is 31.1 Å². The maximum Gasteiger partial charge on any atom is 0.435 e. The van der Waals surface area contributed by atoms with Gasteiger partial charge in [-0.25, -0.2) is 9.97 Å². The molecule has 0 unspecified atom stereocenters. The number of fused-ring (bicyclic) bond motifs is 1. The molecule has 0 atom stereocenters. The fraction of sp³-hybridized carbons (Fsp3) is 0.320. The molecule has 5 rings (SSSR count). The van der Waals surface area contributed by atoms with Crippen molar-refractivity contribution in [2.24, 2.45) is 0 Å². The van der Waals surface area contributed by atoms with E-state index in [2.05, 4.69) is 19.9 Å². The molecule has 1 aliphatic heterocycles. The van der Waals surface area contributed by atoms with Crippen LogP contribution < -0.4 is 10.5 Å². The van der Waals surface area contributed by atoms with Crippen LogP contribution in [-0.2, 0) is 18.9 Å². The Balaban J connectivity index is 1.49. The summed E-state index contributed by atoms with van der Waals surface area (Å²) >= 11 is 0. The number of pyridine rings is 1. The van der Waals surface area contributed by atoms with E-state index in [1.807, 2.05) is 0 Å². The minimum Gasteiger partial charge on any atom is -0.371 e. The highest BCUT2D eigenvalue weighted by Gasteiger charge is 2.37. The van der Waals surface area contributed by atoms with Crippen LogP contribution in [0.5, 0.6) is 0 Å². The molecular weight excluding hydrogens is 514 g/mol. The molecule has 4 heterocycles. The summed E-state index contributed by atoms with van der Waals surface area (Å²) in [5, 5.41) is 0. The fourth-order valence-electron chi connectivity index (χ4n) is 4.84. The second kappa shape index (κ2) is 9.69. The first kappa shape index (κ1) is 25.6. The number of halogens is 6. The van der Waals surface area contributed by atoms with E-state index < -0.39 is 41.4 Å². The maximum absolute atomic E-state index is 13.6. The highest BCUT2D eigenvalue weighted by molar-refractivity contribution is 5.71. The summed E-state index contributed by atoms with van der Waals surface area (Å²) in [5.41, 5.74) is -2.13. The highest BCUT2D eigenvalue weighted by atomic mass is 19.4. The van der Waals surface area contributed by atoms with Gasteiger partial charge in [0, 0.05) is 49.1 Å². The van der Waals surface area contributed by atoms with Crippen molar-refractivity contribution in [1.29, 1.82) is 0 Å². The average Bonchev–Trinajstić information content (AvgIpc) is 2.89. The molecule has 13 heteroatoms. The van der Waals surface area contributed by atoms with E-state index in [0.717, 1.165) is 23.0 Å². The quantitative estimate of drug-likeness (QED) is 0.341. The molecule has 1 fully saturated rings. The number of nitrogens with zero attached hydrogens (tertiary/aromatic N) is 6. The summed E-state index contributed by atoms with van der Waals surface area (Å²) in [5.74, 6) is -0.335. The van der Waals surface area contributed by atoms with Gasteiger partial charge in [0.15, 0.2) is 11.3 Å². The highest BCUT2D eigenvalue weighted by Crippen LogP contribution is 2.39. The summed E-state index contributed by atoms with van der Waals surface area (Å²) in [6.45, 7) is -0.00146.